The van der Waals surface area contributed by atoms with Crippen LogP contribution in [-0.4, -0.2) is 30.4 Å². The SMILES string of the molecule is CC(C)C(CN)C(=O)N1CCCCCC1. The van der Waals surface area contributed by atoms with Crippen molar-refractivity contribution < 1.29 is 4.79 Å². The molecule has 88 valence electrons. The maximum absolute atomic E-state index is 12.2. The fourth-order valence-corrected chi connectivity index (χ4v) is 2.18. The third-order valence-electron chi connectivity index (χ3n) is 3.29. The number of carbonyl (C=O) groups is 1. The molecule has 1 rings (SSSR count). The Labute approximate surface area is 93.0 Å². The average molecular weight is 212 g/mol. The second-order valence-corrected chi connectivity index (χ2v) is 4.83. The molecule has 1 aliphatic heterocycles. The summed E-state index contributed by atoms with van der Waals surface area (Å²) in [5.41, 5.74) is 5.67. The average Bonchev–Trinajstić information content (AvgIpc) is 2.45. The maximum Gasteiger partial charge on any atom is 0.227 e. The molecule has 15 heavy (non-hydrogen) atoms. The highest BCUT2D eigenvalue weighted by Gasteiger charge is 2.25. The lowest BCUT2D eigenvalue weighted by Crippen LogP contribution is -2.41. The van der Waals surface area contributed by atoms with Crippen LogP contribution in [0.5, 0.6) is 0 Å². The Morgan fingerprint density at radius 3 is 2.13 bits per heavy atom. The van der Waals surface area contributed by atoms with Crippen LogP contribution in [0.15, 0.2) is 0 Å². The van der Waals surface area contributed by atoms with Gasteiger partial charge in [0, 0.05) is 19.6 Å². The quantitative estimate of drug-likeness (QED) is 0.772. The summed E-state index contributed by atoms with van der Waals surface area (Å²) < 4.78 is 0. The molecule has 3 nitrogen and oxygen atoms in total. The Bertz CT molecular complexity index is 196. The number of carbonyl (C=O) groups excluding carboxylic acids is 1. The van der Waals surface area contributed by atoms with Crippen molar-refractivity contribution in [3.63, 3.8) is 0 Å². The van der Waals surface area contributed by atoms with Crippen molar-refractivity contribution in [3.05, 3.63) is 0 Å². The Balaban J connectivity index is 2.55. The molecule has 1 amide bonds. The molecule has 0 aromatic heterocycles. The van der Waals surface area contributed by atoms with Gasteiger partial charge in [-0.15, -0.1) is 0 Å². The summed E-state index contributed by atoms with van der Waals surface area (Å²) in [6.45, 7) is 6.50. The van der Waals surface area contributed by atoms with Crippen LogP contribution in [0.3, 0.4) is 0 Å². The summed E-state index contributed by atoms with van der Waals surface area (Å²) in [5.74, 6) is 0.642. The fraction of sp³-hybridized carbons (Fsp3) is 0.917. The van der Waals surface area contributed by atoms with Crippen molar-refractivity contribution in [1.82, 2.24) is 4.90 Å². The minimum atomic E-state index is 0.0168. The van der Waals surface area contributed by atoms with Gasteiger partial charge < -0.3 is 10.6 Å². The summed E-state index contributed by atoms with van der Waals surface area (Å²) in [4.78, 5) is 14.2. The summed E-state index contributed by atoms with van der Waals surface area (Å²) in [6.07, 6.45) is 4.83. The van der Waals surface area contributed by atoms with Crippen LogP contribution in [0.2, 0.25) is 0 Å². The van der Waals surface area contributed by atoms with Crippen LogP contribution in [0, 0.1) is 11.8 Å². The number of nitrogens with zero attached hydrogens (tertiary/aromatic N) is 1. The third kappa shape index (κ3) is 3.49. The Hall–Kier alpha value is -0.570. The first-order chi connectivity index (χ1) is 7.16. The maximum atomic E-state index is 12.2. The number of hydrogen-bond donors (Lipinski definition) is 1. The summed E-state index contributed by atoms with van der Waals surface area (Å²) in [7, 11) is 0. The van der Waals surface area contributed by atoms with Crippen LogP contribution in [0.25, 0.3) is 0 Å². The van der Waals surface area contributed by atoms with Gasteiger partial charge in [-0.3, -0.25) is 4.79 Å². The van der Waals surface area contributed by atoms with Crippen molar-refractivity contribution in [2.75, 3.05) is 19.6 Å². The van der Waals surface area contributed by atoms with E-state index in [2.05, 4.69) is 13.8 Å². The van der Waals surface area contributed by atoms with Gasteiger partial charge in [0.1, 0.15) is 0 Å². The van der Waals surface area contributed by atoms with Crippen molar-refractivity contribution in [2.24, 2.45) is 17.6 Å². The van der Waals surface area contributed by atoms with Gasteiger partial charge in [-0.1, -0.05) is 26.7 Å². The highest BCUT2D eigenvalue weighted by atomic mass is 16.2. The van der Waals surface area contributed by atoms with Crippen LogP contribution < -0.4 is 5.73 Å². The van der Waals surface area contributed by atoms with Crippen LogP contribution in [0.1, 0.15) is 39.5 Å². The lowest BCUT2D eigenvalue weighted by Gasteiger charge is -2.27. The number of nitrogens with two attached hydrogens (primary N) is 1. The van der Waals surface area contributed by atoms with Crippen molar-refractivity contribution in [3.8, 4) is 0 Å². The lowest BCUT2D eigenvalue weighted by molar-refractivity contribution is -0.136. The summed E-state index contributed by atoms with van der Waals surface area (Å²) in [5, 5.41) is 0. The van der Waals surface area contributed by atoms with Gasteiger partial charge in [0.2, 0.25) is 5.91 Å². The smallest absolute Gasteiger partial charge is 0.227 e. The molecule has 0 bridgehead atoms. The van der Waals surface area contributed by atoms with Crippen molar-refractivity contribution >= 4 is 5.91 Å². The summed E-state index contributed by atoms with van der Waals surface area (Å²) in [6, 6.07) is 0. The predicted molar refractivity (Wildman–Crippen MR) is 62.4 cm³/mol. The first kappa shape index (κ1) is 12.5. The van der Waals surface area contributed by atoms with Crippen LogP contribution in [-0.2, 0) is 4.79 Å². The van der Waals surface area contributed by atoms with E-state index >= 15 is 0 Å². The highest BCUT2D eigenvalue weighted by molar-refractivity contribution is 5.79. The van der Waals surface area contributed by atoms with E-state index in [0.29, 0.717) is 12.5 Å². The molecule has 1 saturated heterocycles. The Morgan fingerprint density at radius 2 is 1.73 bits per heavy atom. The number of hydrogen-bond acceptors (Lipinski definition) is 2. The molecule has 3 heteroatoms. The second-order valence-electron chi connectivity index (χ2n) is 4.83. The van der Waals surface area contributed by atoms with Crippen LogP contribution >= 0.6 is 0 Å². The molecule has 2 N–H and O–H groups in total. The van der Waals surface area contributed by atoms with Crippen molar-refractivity contribution in [1.29, 1.82) is 0 Å². The minimum absolute atomic E-state index is 0.0168. The first-order valence-electron chi connectivity index (χ1n) is 6.15. The molecule has 0 radical (unpaired) electrons. The molecule has 1 atom stereocenters. The highest BCUT2D eigenvalue weighted by Crippen LogP contribution is 2.17. The van der Waals surface area contributed by atoms with E-state index in [0.717, 1.165) is 25.9 Å². The van der Waals surface area contributed by atoms with Crippen LogP contribution in [0.4, 0.5) is 0 Å². The zero-order valence-electron chi connectivity index (χ0n) is 10.0. The molecule has 0 aliphatic carbocycles. The van der Waals surface area contributed by atoms with Gasteiger partial charge in [0.25, 0.3) is 0 Å². The normalized spacial score (nSPS) is 20.1. The minimum Gasteiger partial charge on any atom is -0.342 e. The molecule has 1 unspecified atom stereocenters. The number of likely N-dealkylation sites (tertiary alicyclic amines) is 1. The number of amides is 1. The molecule has 0 spiro atoms. The zero-order valence-corrected chi connectivity index (χ0v) is 10.0. The van der Waals surface area contributed by atoms with E-state index in [1.54, 1.807) is 0 Å². The van der Waals surface area contributed by atoms with Gasteiger partial charge in [-0.2, -0.15) is 0 Å². The largest absolute Gasteiger partial charge is 0.342 e. The topological polar surface area (TPSA) is 46.3 Å². The van der Waals surface area contributed by atoms with Crippen molar-refractivity contribution in [2.45, 2.75) is 39.5 Å². The molecule has 1 fully saturated rings. The van der Waals surface area contributed by atoms with E-state index in [1.165, 1.54) is 12.8 Å². The predicted octanol–water partition coefficient (Wildman–Crippen LogP) is 1.62. The van der Waals surface area contributed by atoms with Gasteiger partial charge in [0.15, 0.2) is 0 Å². The second kappa shape index (κ2) is 6.11. The van der Waals surface area contributed by atoms with E-state index in [4.69, 9.17) is 5.73 Å². The van der Waals surface area contributed by atoms with Gasteiger partial charge in [-0.05, 0) is 18.8 Å². The first-order valence-corrected chi connectivity index (χ1v) is 6.15. The third-order valence-corrected chi connectivity index (χ3v) is 3.29. The molecule has 0 aromatic carbocycles. The lowest BCUT2D eigenvalue weighted by atomic mass is 9.94. The molecular formula is C12H24N2O. The van der Waals surface area contributed by atoms with E-state index in [-0.39, 0.29) is 11.8 Å². The summed E-state index contributed by atoms with van der Waals surface area (Å²) >= 11 is 0. The Morgan fingerprint density at radius 1 is 1.20 bits per heavy atom. The standard InChI is InChI=1S/C12H24N2O/c1-10(2)11(9-13)12(15)14-7-5-3-4-6-8-14/h10-11H,3-9,13H2,1-2H3. The van der Waals surface area contributed by atoms with Gasteiger partial charge >= 0.3 is 0 Å². The van der Waals surface area contributed by atoms with Gasteiger partial charge in [0.05, 0.1) is 5.92 Å². The Kier molecular flexibility index (Phi) is 5.09. The molecule has 0 aromatic rings. The molecular weight excluding hydrogens is 188 g/mol. The molecule has 0 saturated carbocycles. The number of rotatable bonds is 3. The molecule has 1 heterocycles. The van der Waals surface area contributed by atoms with E-state index in [1.807, 2.05) is 4.90 Å². The zero-order chi connectivity index (χ0) is 11.3. The van der Waals surface area contributed by atoms with Gasteiger partial charge in [-0.25, -0.2) is 0 Å². The molecule has 1 aliphatic rings. The van der Waals surface area contributed by atoms with E-state index < -0.39 is 0 Å². The fourth-order valence-electron chi connectivity index (χ4n) is 2.18. The van der Waals surface area contributed by atoms with E-state index in [9.17, 15) is 4.79 Å². The monoisotopic (exact) mass is 212 g/mol.